The van der Waals surface area contributed by atoms with Crippen molar-refractivity contribution in [1.82, 2.24) is 14.7 Å². The fourth-order valence-electron chi connectivity index (χ4n) is 3.03. The van der Waals surface area contributed by atoms with E-state index in [0.717, 1.165) is 22.6 Å². The summed E-state index contributed by atoms with van der Waals surface area (Å²) >= 11 is 0. The highest BCUT2D eigenvalue weighted by Gasteiger charge is 2.18. The highest BCUT2D eigenvalue weighted by atomic mass is 16.2. The summed E-state index contributed by atoms with van der Waals surface area (Å²) in [7, 11) is 1.75. The predicted molar refractivity (Wildman–Crippen MR) is 104 cm³/mol. The van der Waals surface area contributed by atoms with E-state index in [9.17, 15) is 9.59 Å². The van der Waals surface area contributed by atoms with Gasteiger partial charge < -0.3 is 10.6 Å². The summed E-state index contributed by atoms with van der Waals surface area (Å²) in [5.74, 6) is -0.640. The lowest BCUT2D eigenvalue weighted by Crippen LogP contribution is -2.26. The summed E-state index contributed by atoms with van der Waals surface area (Å²) in [5.41, 5.74) is 10.0. The number of aryl methyl sites for hydroxylation is 1. The fraction of sp³-hybridized carbons (Fsp3) is 0.190. The first kappa shape index (κ1) is 18.4. The molecular formula is C21H22N4O2. The first-order chi connectivity index (χ1) is 12.9. The Labute approximate surface area is 158 Å². The number of nitrogens with two attached hydrogens (primary N) is 1. The van der Waals surface area contributed by atoms with Gasteiger partial charge in [-0.2, -0.15) is 5.10 Å². The fourth-order valence-corrected chi connectivity index (χ4v) is 3.03. The Bertz CT molecular complexity index is 975. The lowest BCUT2D eigenvalue weighted by Gasteiger charge is -2.18. The number of hydrogen-bond donors (Lipinski definition) is 1. The topological polar surface area (TPSA) is 81.2 Å². The largest absolute Gasteiger partial charge is 0.366 e. The number of rotatable bonds is 5. The Morgan fingerprint density at radius 1 is 1.00 bits per heavy atom. The van der Waals surface area contributed by atoms with Crippen LogP contribution in [-0.2, 0) is 6.54 Å². The molecule has 0 atom stereocenters. The molecule has 27 heavy (non-hydrogen) atoms. The molecule has 0 aliphatic heterocycles. The van der Waals surface area contributed by atoms with Gasteiger partial charge in [0, 0.05) is 36.0 Å². The number of hydrogen-bond acceptors (Lipinski definition) is 3. The lowest BCUT2D eigenvalue weighted by molar-refractivity contribution is 0.0784. The Balaban J connectivity index is 1.81. The van der Waals surface area contributed by atoms with Gasteiger partial charge in [0.2, 0.25) is 5.91 Å². The maximum atomic E-state index is 12.7. The maximum Gasteiger partial charge on any atom is 0.253 e. The molecule has 6 nitrogen and oxygen atoms in total. The Kier molecular flexibility index (Phi) is 5.07. The van der Waals surface area contributed by atoms with Crippen LogP contribution in [-0.4, -0.2) is 33.5 Å². The minimum Gasteiger partial charge on any atom is -0.366 e. The zero-order chi connectivity index (χ0) is 19.6. The molecule has 0 aliphatic carbocycles. The molecule has 0 aliphatic rings. The van der Waals surface area contributed by atoms with Crippen LogP contribution in [0.2, 0.25) is 0 Å². The van der Waals surface area contributed by atoms with Crippen molar-refractivity contribution < 1.29 is 9.59 Å². The van der Waals surface area contributed by atoms with Crippen molar-refractivity contribution >= 4 is 11.8 Å². The summed E-state index contributed by atoms with van der Waals surface area (Å²) in [4.78, 5) is 25.5. The smallest absolute Gasteiger partial charge is 0.253 e. The summed E-state index contributed by atoms with van der Waals surface area (Å²) in [6, 6.07) is 16.3. The number of nitrogens with zero attached hydrogens (tertiary/aromatic N) is 3. The van der Waals surface area contributed by atoms with Crippen molar-refractivity contribution in [3.63, 3.8) is 0 Å². The first-order valence-electron chi connectivity index (χ1n) is 8.64. The molecule has 0 saturated carbocycles. The Morgan fingerprint density at radius 3 is 2.19 bits per heavy atom. The molecule has 3 rings (SSSR count). The number of primary amides is 1. The molecule has 0 bridgehead atoms. The molecule has 0 spiro atoms. The van der Waals surface area contributed by atoms with Gasteiger partial charge in [-0.05, 0) is 50.2 Å². The molecule has 1 heterocycles. The minimum absolute atomic E-state index is 0.128. The number of carbonyl (C=O) groups is 2. The maximum absolute atomic E-state index is 12.7. The number of benzene rings is 2. The van der Waals surface area contributed by atoms with Gasteiger partial charge in [0.25, 0.3) is 5.91 Å². The van der Waals surface area contributed by atoms with Gasteiger partial charge in [-0.1, -0.05) is 18.2 Å². The standard InChI is InChI=1S/C21H22N4O2/c1-14-19(15(2)25(23-14)18-7-5-4-6-8-18)13-24(3)21(27)17-11-9-16(10-12-17)20(22)26/h4-12H,13H2,1-3H3,(H2,22,26). The van der Waals surface area contributed by atoms with Gasteiger partial charge in [-0.3, -0.25) is 9.59 Å². The van der Waals surface area contributed by atoms with Crippen LogP contribution in [0.5, 0.6) is 0 Å². The number of aromatic nitrogens is 2. The average molecular weight is 362 g/mol. The van der Waals surface area contributed by atoms with E-state index in [-0.39, 0.29) is 5.91 Å². The molecule has 6 heteroatoms. The van der Waals surface area contributed by atoms with Crippen LogP contribution in [0.4, 0.5) is 0 Å². The molecule has 2 amide bonds. The SMILES string of the molecule is Cc1nn(-c2ccccc2)c(C)c1CN(C)C(=O)c1ccc(C(N)=O)cc1. The van der Waals surface area contributed by atoms with Crippen LogP contribution in [0.3, 0.4) is 0 Å². The van der Waals surface area contributed by atoms with E-state index in [1.165, 1.54) is 0 Å². The van der Waals surface area contributed by atoms with E-state index in [2.05, 4.69) is 5.10 Å². The van der Waals surface area contributed by atoms with Crippen molar-refractivity contribution in [3.8, 4) is 5.69 Å². The molecule has 0 radical (unpaired) electrons. The van der Waals surface area contributed by atoms with Crippen molar-refractivity contribution in [2.45, 2.75) is 20.4 Å². The quantitative estimate of drug-likeness (QED) is 0.758. The third-order valence-corrected chi connectivity index (χ3v) is 4.60. The third kappa shape index (κ3) is 3.74. The van der Waals surface area contributed by atoms with E-state index in [1.54, 1.807) is 36.2 Å². The van der Waals surface area contributed by atoms with Crippen LogP contribution in [0.1, 0.15) is 37.7 Å². The Hall–Kier alpha value is -3.41. The molecule has 3 aromatic rings. The second kappa shape index (κ2) is 7.45. The normalized spacial score (nSPS) is 10.6. The molecular weight excluding hydrogens is 340 g/mol. The van der Waals surface area contributed by atoms with Crippen molar-refractivity contribution in [3.05, 3.63) is 82.7 Å². The van der Waals surface area contributed by atoms with Gasteiger partial charge in [-0.15, -0.1) is 0 Å². The van der Waals surface area contributed by atoms with Crippen LogP contribution in [0.25, 0.3) is 5.69 Å². The number of carbonyl (C=O) groups excluding carboxylic acids is 2. The zero-order valence-corrected chi connectivity index (χ0v) is 15.6. The molecule has 138 valence electrons. The van der Waals surface area contributed by atoms with Crippen LogP contribution in [0.15, 0.2) is 54.6 Å². The number of para-hydroxylation sites is 1. The van der Waals surface area contributed by atoms with Gasteiger partial charge in [-0.25, -0.2) is 4.68 Å². The van der Waals surface area contributed by atoms with Gasteiger partial charge in [0.15, 0.2) is 0 Å². The van der Waals surface area contributed by atoms with E-state index < -0.39 is 5.91 Å². The second-order valence-corrected chi connectivity index (χ2v) is 6.50. The van der Waals surface area contributed by atoms with Crippen molar-refractivity contribution in [1.29, 1.82) is 0 Å². The molecule has 0 saturated heterocycles. The molecule has 1 aromatic heterocycles. The first-order valence-corrected chi connectivity index (χ1v) is 8.64. The predicted octanol–water partition coefficient (Wildman–Crippen LogP) is 2.86. The zero-order valence-electron chi connectivity index (χ0n) is 15.6. The van der Waals surface area contributed by atoms with Crippen molar-refractivity contribution in [2.75, 3.05) is 7.05 Å². The van der Waals surface area contributed by atoms with Crippen LogP contribution >= 0.6 is 0 Å². The summed E-state index contributed by atoms with van der Waals surface area (Å²) in [6.07, 6.45) is 0. The van der Waals surface area contributed by atoms with E-state index in [0.29, 0.717) is 17.7 Å². The summed E-state index contributed by atoms with van der Waals surface area (Å²) in [5, 5.41) is 4.62. The second-order valence-electron chi connectivity index (χ2n) is 6.50. The minimum atomic E-state index is -0.512. The van der Waals surface area contributed by atoms with E-state index in [1.807, 2.05) is 48.9 Å². The summed E-state index contributed by atoms with van der Waals surface area (Å²) < 4.78 is 1.89. The van der Waals surface area contributed by atoms with E-state index >= 15 is 0 Å². The average Bonchev–Trinajstić information content (AvgIpc) is 2.96. The van der Waals surface area contributed by atoms with Crippen LogP contribution in [0, 0.1) is 13.8 Å². The molecule has 2 aromatic carbocycles. The number of amides is 2. The van der Waals surface area contributed by atoms with Gasteiger partial charge >= 0.3 is 0 Å². The van der Waals surface area contributed by atoms with E-state index in [4.69, 9.17) is 5.73 Å². The molecule has 0 unspecified atom stereocenters. The lowest BCUT2D eigenvalue weighted by atomic mass is 10.1. The third-order valence-electron chi connectivity index (χ3n) is 4.60. The van der Waals surface area contributed by atoms with Gasteiger partial charge in [0.05, 0.1) is 11.4 Å². The monoisotopic (exact) mass is 362 g/mol. The molecule has 2 N–H and O–H groups in total. The summed E-state index contributed by atoms with van der Waals surface area (Å²) in [6.45, 7) is 4.39. The van der Waals surface area contributed by atoms with Crippen molar-refractivity contribution in [2.24, 2.45) is 5.73 Å². The highest BCUT2D eigenvalue weighted by Crippen LogP contribution is 2.20. The van der Waals surface area contributed by atoms with Crippen LogP contribution < -0.4 is 5.73 Å². The molecule has 0 fully saturated rings. The Morgan fingerprint density at radius 2 is 1.59 bits per heavy atom. The highest BCUT2D eigenvalue weighted by molar-refractivity contribution is 5.97. The van der Waals surface area contributed by atoms with Gasteiger partial charge in [0.1, 0.15) is 0 Å².